The van der Waals surface area contributed by atoms with Crippen LogP contribution in [0.1, 0.15) is 25.3 Å². The Labute approximate surface area is 150 Å². The molecule has 2 aliphatic heterocycles. The molecule has 2 heterocycles. The van der Waals surface area contributed by atoms with Crippen LogP contribution < -0.4 is 0 Å². The predicted octanol–water partition coefficient (Wildman–Crippen LogP) is 1.96. The highest BCUT2D eigenvalue weighted by Gasteiger charge is 2.31. The number of amides is 1. The van der Waals surface area contributed by atoms with E-state index in [1.165, 1.54) is 5.56 Å². The van der Waals surface area contributed by atoms with Crippen LogP contribution in [0.2, 0.25) is 0 Å². The van der Waals surface area contributed by atoms with E-state index >= 15 is 0 Å². The zero-order valence-corrected chi connectivity index (χ0v) is 15.2. The van der Waals surface area contributed by atoms with E-state index in [1.54, 1.807) is 0 Å². The number of carbonyl (C=O) groups is 1. The minimum atomic E-state index is 0.118. The van der Waals surface area contributed by atoms with E-state index in [9.17, 15) is 4.79 Å². The van der Waals surface area contributed by atoms with Gasteiger partial charge in [-0.25, -0.2) is 0 Å². The Balaban J connectivity index is 1.37. The third-order valence-electron chi connectivity index (χ3n) is 5.29. The molecule has 1 atom stereocenters. The first-order valence-corrected chi connectivity index (χ1v) is 9.47. The molecule has 1 aromatic carbocycles. The van der Waals surface area contributed by atoms with Crippen LogP contribution in [0.25, 0.3) is 0 Å². The first-order chi connectivity index (χ1) is 12.2. The van der Waals surface area contributed by atoms with Crippen LogP contribution in [0.15, 0.2) is 30.3 Å². The molecule has 0 aliphatic carbocycles. The van der Waals surface area contributed by atoms with Gasteiger partial charge in [-0.05, 0) is 31.7 Å². The lowest BCUT2D eigenvalue weighted by molar-refractivity contribution is -0.141. The summed E-state index contributed by atoms with van der Waals surface area (Å²) in [4.78, 5) is 17.0. The van der Waals surface area contributed by atoms with Gasteiger partial charge < -0.3 is 14.4 Å². The molecule has 0 aromatic heterocycles. The Morgan fingerprint density at radius 2 is 1.96 bits per heavy atom. The molecule has 0 unspecified atom stereocenters. The molecular weight excluding hydrogens is 316 g/mol. The van der Waals surface area contributed by atoms with Crippen molar-refractivity contribution in [3.63, 3.8) is 0 Å². The van der Waals surface area contributed by atoms with Crippen LogP contribution in [-0.2, 0) is 20.7 Å². The summed E-state index contributed by atoms with van der Waals surface area (Å²) in [7, 11) is 0. The van der Waals surface area contributed by atoms with Crippen molar-refractivity contribution in [1.29, 1.82) is 0 Å². The molecular formula is C20H30N2O3. The van der Waals surface area contributed by atoms with E-state index < -0.39 is 0 Å². The molecule has 1 aromatic rings. The van der Waals surface area contributed by atoms with E-state index in [1.807, 2.05) is 23.1 Å². The van der Waals surface area contributed by atoms with E-state index in [0.29, 0.717) is 12.6 Å². The second kappa shape index (κ2) is 9.32. The molecule has 2 fully saturated rings. The van der Waals surface area contributed by atoms with Gasteiger partial charge in [0.2, 0.25) is 5.91 Å². The molecule has 2 aliphatic rings. The molecule has 0 spiro atoms. The number of nitrogens with zero attached hydrogens (tertiary/aromatic N) is 2. The quantitative estimate of drug-likeness (QED) is 0.739. The van der Waals surface area contributed by atoms with Crippen molar-refractivity contribution < 1.29 is 14.3 Å². The van der Waals surface area contributed by atoms with Crippen molar-refractivity contribution in [2.45, 2.75) is 38.3 Å². The zero-order chi connectivity index (χ0) is 17.5. The summed E-state index contributed by atoms with van der Waals surface area (Å²) in [5, 5.41) is 0. The molecule has 138 valence electrons. The lowest BCUT2D eigenvalue weighted by Gasteiger charge is -2.44. The van der Waals surface area contributed by atoms with Gasteiger partial charge in [0.15, 0.2) is 0 Å². The highest BCUT2D eigenvalue weighted by atomic mass is 16.5. The fourth-order valence-corrected chi connectivity index (χ4v) is 3.82. The first-order valence-electron chi connectivity index (χ1n) is 9.47. The average Bonchev–Trinajstić information content (AvgIpc) is 2.66. The normalized spacial score (nSPS) is 22.9. The summed E-state index contributed by atoms with van der Waals surface area (Å²) < 4.78 is 11.1. The van der Waals surface area contributed by atoms with Gasteiger partial charge in [0.1, 0.15) is 6.61 Å². The van der Waals surface area contributed by atoms with Crippen LogP contribution in [0.5, 0.6) is 0 Å². The molecule has 3 rings (SSSR count). The van der Waals surface area contributed by atoms with Gasteiger partial charge in [-0.2, -0.15) is 0 Å². The molecule has 5 heteroatoms. The average molecular weight is 346 g/mol. The number of benzene rings is 1. The van der Waals surface area contributed by atoms with E-state index in [0.717, 1.165) is 52.1 Å². The van der Waals surface area contributed by atoms with Gasteiger partial charge in [0.25, 0.3) is 0 Å². The molecule has 0 saturated carbocycles. The van der Waals surface area contributed by atoms with Crippen molar-refractivity contribution in [1.82, 2.24) is 9.80 Å². The van der Waals surface area contributed by atoms with E-state index in [4.69, 9.17) is 9.47 Å². The topological polar surface area (TPSA) is 42.0 Å². The molecule has 0 radical (unpaired) electrons. The smallest absolute Gasteiger partial charge is 0.248 e. The standard InChI is InChI=1S/C20H30N2O3/c1-17-15-21(19-8-13-24-14-9-19)10-11-22(17)20(23)16-25-12-7-18-5-3-2-4-6-18/h2-6,17,19H,7-16H2,1H3/t17-/m0/s1. The number of piperazine rings is 1. The van der Waals surface area contributed by atoms with Gasteiger partial charge in [-0.3, -0.25) is 9.69 Å². The summed E-state index contributed by atoms with van der Waals surface area (Å²) in [5.41, 5.74) is 1.24. The fraction of sp³-hybridized carbons (Fsp3) is 0.650. The van der Waals surface area contributed by atoms with Crippen molar-refractivity contribution in [3.05, 3.63) is 35.9 Å². The van der Waals surface area contributed by atoms with Crippen molar-refractivity contribution >= 4 is 5.91 Å². The minimum absolute atomic E-state index is 0.118. The monoisotopic (exact) mass is 346 g/mol. The summed E-state index contributed by atoms with van der Waals surface area (Å²) in [6.07, 6.45) is 3.08. The molecule has 0 N–H and O–H groups in total. The van der Waals surface area contributed by atoms with Crippen LogP contribution in [-0.4, -0.2) is 73.9 Å². The third-order valence-corrected chi connectivity index (χ3v) is 5.29. The summed E-state index contributed by atoms with van der Waals surface area (Å²) in [6.45, 7) is 7.39. The Hall–Kier alpha value is -1.43. The molecule has 2 saturated heterocycles. The SMILES string of the molecule is C[C@H]1CN(C2CCOCC2)CCN1C(=O)COCCc1ccccc1. The molecule has 5 nitrogen and oxygen atoms in total. The maximum Gasteiger partial charge on any atom is 0.248 e. The second-order valence-corrected chi connectivity index (χ2v) is 7.06. The minimum Gasteiger partial charge on any atom is -0.381 e. The fourth-order valence-electron chi connectivity index (χ4n) is 3.82. The van der Waals surface area contributed by atoms with Gasteiger partial charge in [-0.15, -0.1) is 0 Å². The molecule has 0 bridgehead atoms. The highest BCUT2D eigenvalue weighted by molar-refractivity contribution is 5.77. The van der Waals surface area contributed by atoms with Crippen molar-refractivity contribution in [3.8, 4) is 0 Å². The summed E-state index contributed by atoms with van der Waals surface area (Å²) in [6, 6.07) is 11.1. The van der Waals surface area contributed by atoms with E-state index in [-0.39, 0.29) is 18.6 Å². The zero-order valence-electron chi connectivity index (χ0n) is 15.2. The number of ether oxygens (including phenoxy) is 2. The van der Waals surface area contributed by atoms with E-state index in [2.05, 4.69) is 24.0 Å². The van der Waals surface area contributed by atoms with Gasteiger partial charge in [0, 0.05) is 44.9 Å². The summed E-state index contributed by atoms with van der Waals surface area (Å²) >= 11 is 0. The second-order valence-electron chi connectivity index (χ2n) is 7.06. The Morgan fingerprint density at radius 1 is 1.20 bits per heavy atom. The maximum atomic E-state index is 12.5. The van der Waals surface area contributed by atoms with Crippen molar-refractivity contribution in [2.24, 2.45) is 0 Å². The maximum absolute atomic E-state index is 12.5. The number of rotatable bonds is 6. The van der Waals surface area contributed by atoms with Crippen LogP contribution in [0.3, 0.4) is 0 Å². The first kappa shape index (κ1) is 18.4. The lowest BCUT2D eigenvalue weighted by Crippen LogP contribution is -2.57. The highest BCUT2D eigenvalue weighted by Crippen LogP contribution is 2.19. The van der Waals surface area contributed by atoms with Crippen LogP contribution >= 0.6 is 0 Å². The third kappa shape index (κ3) is 5.27. The lowest BCUT2D eigenvalue weighted by atomic mass is 10.0. The van der Waals surface area contributed by atoms with Gasteiger partial charge >= 0.3 is 0 Å². The Morgan fingerprint density at radius 3 is 2.68 bits per heavy atom. The van der Waals surface area contributed by atoms with Crippen molar-refractivity contribution in [2.75, 3.05) is 46.1 Å². The molecule has 25 heavy (non-hydrogen) atoms. The number of hydrogen-bond donors (Lipinski definition) is 0. The largest absolute Gasteiger partial charge is 0.381 e. The van der Waals surface area contributed by atoms with Crippen LogP contribution in [0, 0.1) is 0 Å². The Kier molecular flexibility index (Phi) is 6.84. The Bertz CT molecular complexity index is 531. The van der Waals surface area contributed by atoms with Gasteiger partial charge in [-0.1, -0.05) is 30.3 Å². The van der Waals surface area contributed by atoms with Gasteiger partial charge in [0.05, 0.1) is 6.61 Å². The number of carbonyl (C=O) groups excluding carboxylic acids is 1. The number of hydrogen-bond acceptors (Lipinski definition) is 4. The molecule has 1 amide bonds. The van der Waals surface area contributed by atoms with Crippen LogP contribution in [0.4, 0.5) is 0 Å². The predicted molar refractivity (Wildman–Crippen MR) is 97.6 cm³/mol. The summed E-state index contributed by atoms with van der Waals surface area (Å²) in [5.74, 6) is 0.118.